The lowest BCUT2D eigenvalue weighted by Crippen LogP contribution is -2.21. The van der Waals surface area contributed by atoms with Crippen LogP contribution in [0.1, 0.15) is 28.2 Å². The van der Waals surface area contributed by atoms with Crippen LogP contribution in [0.4, 0.5) is 0 Å². The van der Waals surface area contributed by atoms with Gasteiger partial charge in [0.2, 0.25) is 5.88 Å². The summed E-state index contributed by atoms with van der Waals surface area (Å²) in [6.07, 6.45) is 2.98. The van der Waals surface area contributed by atoms with Crippen LogP contribution >= 0.6 is 11.6 Å². The third kappa shape index (κ3) is 6.35. The molecule has 204 valence electrons. The molecule has 1 heterocycles. The van der Waals surface area contributed by atoms with Crippen LogP contribution in [0.25, 0.3) is 6.08 Å². The van der Waals surface area contributed by atoms with Gasteiger partial charge in [0, 0.05) is 28.3 Å². The quantitative estimate of drug-likeness (QED) is 0.143. The summed E-state index contributed by atoms with van der Waals surface area (Å²) in [5.41, 5.74) is 9.67. The molecular formula is C33H25ClN2O5. The van der Waals surface area contributed by atoms with Crippen molar-refractivity contribution < 1.29 is 23.7 Å². The molecule has 0 bridgehead atoms. The van der Waals surface area contributed by atoms with E-state index in [1.54, 1.807) is 43.5 Å². The zero-order valence-electron chi connectivity index (χ0n) is 22.0. The van der Waals surface area contributed by atoms with Crippen molar-refractivity contribution in [2.75, 3.05) is 7.11 Å². The minimum Gasteiger partial charge on any atom is -0.497 e. The first-order chi connectivity index (χ1) is 19.9. The standard InChI is InChI=1S/C33H25ClN2O5/c1-38-24-11-6-21(7-12-24)8-17-31(37)40-26-15-16-27-30(18-26)41-33(36)28(19-35)32(27)22-9-13-25(14-10-22)39-20-23-4-2-3-5-29(23)34/h2-18,32H,20,36H2,1H3/b17-8+. The van der Waals surface area contributed by atoms with Gasteiger partial charge in [0.15, 0.2) is 0 Å². The second kappa shape index (κ2) is 12.3. The highest BCUT2D eigenvalue weighted by molar-refractivity contribution is 6.31. The molecule has 0 amide bonds. The monoisotopic (exact) mass is 564 g/mol. The predicted molar refractivity (Wildman–Crippen MR) is 156 cm³/mol. The average molecular weight is 565 g/mol. The van der Waals surface area contributed by atoms with E-state index in [1.165, 1.54) is 6.08 Å². The molecule has 0 spiro atoms. The SMILES string of the molecule is COc1ccc(/C=C/C(=O)Oc2ccc3c(c2)OC(N)=C(C#N)C3c2ccc(OCc3ccccc3Cl)cc2)cc1. The Hall–Kier alpha value is -5.19. The van der Waals surface area contributed by atoms with Gasteiger partial charge in [-0.2, -0.15) is 5.26 Å². The van der Waals surface area contributed by atoms with Gasteiger partial charge < -0.3 is 24.7 Å². The van der Waals surface area contributed by atoms with E-state index in [-0.39, 0.29) is 17.2 Å². The van der Waals surface area contributed by atoms with E-state index in [0.29, 0.717) is 28.7 Å². The number of rotatable bonds is 8. The maximum atomic E-state index is 12.4. The van der Waals surface area contributed by atoms with Crippen molar-refractivity contribution in [3.63, 3.8) is 0 Å². The number of fused-ring (bicyclic) bond motifs is 1. The second-order valence-electron chi connectivity index (χ2n) is 9.10. The summed E-state index contributed by atoms with van der Waals surface area (Å²) in [7, 11) is 1.59. The van der Waals surface area contributed by atoms with Crippen LogP contribution < -0.4 is 24.7 Å². The number of ether oxygens (including phenoxy) is 4. The predicted octanol–water partition coefficient (Wildman–Crippen LogP) is 6.76. The number of esters is 1. The highest BCUT2D eigenvalue weighted by Crippen LogP contribution is 2.43. The van der Waals surface area contributed by atoms with Gasteiger partial charge in [-0.1, -0.05) is 60.1 Å². The number of halogens is 1. The molecule has 0 saturated carbocycles. The fraction of sp³-hybridized carbons (Fsp3) is 0.0909. The molecule has 4 aromatic carbocycles. The van der Waals surface area contributed by atoms with Gasteiger partial charge in [-0.25, -0.2) is 4.79 Å². The van der Waals surface area contributed by atoms with Crippen molar-refractivity contribution >= 4 is 23.6 Å². The van der Waals surface area contributed by atoms with Gasteiger partial charge >= 0.3 is 5.97 Å². The number of nitrogens with zero attached hydrogens (tertiary/aromatic N) is 1. The molecule has 0 aromatic heterocycles. The summed E-state index contributed by atoms with van der Waals surface area (Å²) in [5, 5.41) is 10.5. The van der Waals surface area contributed by atoms with Gasteiger partial charge in [0.1, 0.15) is 41.2 Å². The lowest BCUT2D eigenvalue weighted by molar-refractivity contribution is -0.128. The number of hydrogen-bond acceptors (Lipinski definition) is 7. The van der Waals surface area contributed by atoms with Gasteiger partial charge in [0.25, 0.3) is 0 Å². The van der Waals surface area contributed by atoms with Crippen molar-refractivity contribution in [1.82, 2.24) is 0 Å². The number of carbonyl (C=O) groups excluding carboxylic acids is 1. The van der Waals surface area contributed by atoms with Crippen LogP contribution in [0.5, 0.6) is 23.0 Å². The number of allylic oxidation sites excluding steroid dienone is 1. The number of carbonyl (C=O) groups is 1. The molecule has 0 saturated heterocycles. The smallest absolute Gasteiger partial charge is 0.336 e. The Kier molecular flexibility index (Phi) is 8.23. The Balaban J connectivity index is 1.32. The molecule has 4 aromatic rings. The third-order valence-electron chi connectivity index (χ3n) is 6.50. The Labute approximate surface area is 242 Å². The molecule has 1 unspecified atom stereocenters. The Morgan fingerprint density at radius 2 is 1.71 bits per heavy atom. The lowest BCUT2D eigenvalue weighted by atomic mass is 9.83. The van der Waals surface area contributed by atoms with E-state index in [1.807, 2.05) is 60.7 Å². The molecular weight excluding hydrogens is 540 g/mol. The van der Waals surface area contributed by atoms with Gasteiger partial charge in [-0.05, 0) is 53.6 Å². The minimum absolute atomic E-state index is 0.00748. The molecule has 8 heteroatoms. The summed E-state index contributed by atoms with van der Waals surface area (Å²) < 4.78 is 22.3. The van der Waals surface area contributed by atoms with Crippen LogP contribution in [0, 0.1) is 11.3 Å². The van der Waals surface area contributed by atoms with Gasteiger partial charge in [-0.3, -0.25) is 0 Å². The highest BCUT2D eigenvalue weighted by Gasteiger charge is 2.31. The van der Waals surface area contributed by atoms with Crippen LogP contribution in [0.3, 0.4) is 0 Å². The average Bonchev–Trinajstić information content (AvgIpc) is 2.99. The first-order valence-corrected chi connectivity index (χ1v) is 13.0. The normalized spacial score (nSPS) is 14.1. The third-order valence-corrected chi connectivity index (χ3v) is 6.87. The van der Waals surface area contributed by atoms with Crippen LogP contribution in [-0.2, 0) is 11.4 Å². The topological polar surface area (TPSA) is 104 Å². The van der Waals surface area contributed by atoms with Crippen LogP contribution in [0.2, 0.25) is 5.02 Å². The Morgan fingerprint density at radius 1 is 1.00 bits per heavy atom. The second-order valence-corrected chi connectivity index (χ2v) is 9.51. The lowest BCUT2D eigenvalue weighted by Gasteiger charge is -2.26. The van der Waals surface area contributed by atoms with Crippen molar-refractivity contribution in [3.8, 4) is 29.1 Å². The van der Waals surface area contributed by atoms with E-state index in [4.69, 9.17) is 36.3 Å². The molecule has 0 fully saturated rings. The largest absolute Gasteiger partial charge is 0.497 e. The number of methoxy groups -OCH3 is 1. The number of nitriles is 1. The number of benzene rings is 4. The molecule has 0 aliphatic carbocycles. The summed E-state index contributed by atoms with van der Waals surface area (Å²) in [5.74, 6) is 1.03. The molecule has 1 aliphatic rings. The van der Waals surface area contributed by atoms with Crippen molar-refractivity contribution in [2.45, 2.75) is 12.5 Å². The molecule has 0 radical (unpaired) electrons. The number of nitrogens with two attached hydrogens (primary N) is 1. The number of hydrogen-bond donors (Lipinski definition) is 1. The Bertz CT molecular complexity index is 1670. The zero-order chi connectivity index (χ0) is 28.8. The first kappa shape index (κ1) is 27.4. The van der Waals surface area contributed by atoms with Crippen molar-refractivity contribution in [2.24, 2.45) is 5.73 Å². The molecule has 7 nitrogen and oxygen atoms in total. The first-order valence-electron chi connectivity index (χ1n) is 12.7. The fourth-order valence-corrected chi connectivity index (χ4v) is 4.59. The van der Waals surface area contributed by atoms with E-state index in [0.717, 1.165) is 22.4 Å². The maximum absolute atomic E-state index is 12.4. The Morgan fingerprint density at radius 3 is 2.41 bits per heavy atom. The van der Waals surface area contributed by atoms with Crippen molar-refractivity contribution in [3.05, 3.63) is 136 Å². The van der Waals surface area contributed by atoms with Gasteiger partial charge in [0.05, 0.1) is 13.0 Å². The van der Waals surface area contributed by atoms with E-state index < -0.39 is 11.9 Å². The van der Waals surface area contributed by atoms with Gasteiger partial charge in [-0.15, -0.1) is 0 Å². The summed E-state index contributed by atoms with van der Waals surface area (Å²) in [4.78, 5) is 12.4. The summed E-state index contributed by atoms with van der Waals surface area (Å²) in [6, 6.07) is 29.4. The minimum atomic E-state index is -0.554. The fourth-order valence-electron chi connectivity index (χ4n) is 4.40. The molecule has 41 heavy (non-hydrogen) atoms. The maximum Gasteiger partial charge on any atom is 0.336 e. The molecule has 5 rings (SSSR count). The molecule has 2 N–H and O–H groups in total. The summed E-state index contributed by atoms with van der Waals surface area (Å²) >= 11 is 6.23. The molecule has 1 aliphatic heterocycles. The molecule has 1 atom stereocenters. The highest BCUT2D eigenvalue weighted by atomic mass is 35.5. The summed E-state index contributed by atoms with van der Waals surface area (Å²) in [6.45, 7) is 0.326. The van der Waals surface area contributed by atoms with E-state index >= 15 is 0 Å². The van der Waals surface area contributed by atoms with E-state index in [9.17, 15) is 10.1 Å². The van der Waals surface area contributed by atoms with Crippen LogP contribution in [-0.4, -0.2) is 13.1 Å². The van der Waals surface area contributed by atoms with E-state index in [2.05, 4.69) is 6.07 Å². The van der Waals surface area contributed by atoms with Crippen molar-refractivity contribution in [1.29, 1.82) is 5.26 Å². The van der Waals surface area contributed by atoms with Crippen LogP contribution in [0.15, 0.2) is 109 Å². The zero-order valence-corrected chi connectivity index (χ0v) is 22.8.